The molecule has 98 valence electrons. The van der Waals surface area contributed by atoms with Gasteiger partial charge in [-0.3, -0.25) is 4.79 Å². The van der Waals surface area contributed by atoms with Gasteiger partial charge in [-0.15, -0.1) is 0 Å². The third-order valence-corrected chi connectivity index (χ3v) is 3.56. The second kappa shape index (κ2) is 5.31. The number of carbonyl (C=O) groups is 1. The first kappa shape index (κ1) is 12.0. The molecule has 1 aliphatic rings. The molecule has 0 saturated heterocycles. The van der Waals surface area contributed by atoms with Gasteiger partial charge in [-0.2, -0.15) is 0 Å². The van der Waals surface area contributed by atoms with Gasteiger partial charge < -0.3 is 9.73 Å². The zero-order valence-corrected chi connectivity index (χ0v) is 10.8. The van der Waals surface area contributed by atoms with Crippen LogP contribution in [0.5, 0.6) is 0 Å². The first-order valence-corrected chi connectivity index (χ1v) is 6.75. The molecule has 1 aliphatic carbocycles. The second-order valence-electron chi connectivity index (χ2n) is 4.96. The maximum atomic E-state index is 11.9. The maximum Gasteiger partial charge on any atom is 0.224 e. The molecule has 0 atom stereocenters. The lowest BCUT2D eigenvalue weighted by atomic mass is 10.1. The number of aryl methyl sites for hydroxylation is 3. The number of carbonyl (C=O) groups excluding carboxylic acids is 1. The van der Waals surface area contributed by atoms with Crippen LogP contribution in [0.4, 0.5) is 5.69 Å². The molecule has 3 heteroatoms. The van der Waals surface area contributed by atoms with Gasteiger partial charge in [0.05, 0.1) is 6.26 Å². The average molecular weight is 255 g/mol. The monoisotopic (exact) mass is 255 g/mol. The minimum atomic E-state index is 0.0364. The predicted molar refractivity (Wildman–Crippen MR) is 74.1 cm³/mol. The summed E-state index contributed by atoms with van der Waals surface area (Å²) in [6.07, 6.45) is 6.25. The number of rotatable bonds is 4. The van der Waals surface area contributed by atoms with Crippen molar-refractivity contribution in [3.8, 4) is 0 Å². The van der Waals surface area contributed by atoms with Crippen LogP contribution in [-0.2, 0) is 24.1 Å². The highest BCUT2D eigenvalue weighted by Gasteiger charge is 2.11. The highest BCUT2D eigenvalue weighted by atomic mass is 16.3. The van der Waals surface area contributed by atoms with E-state index in [1.807, 2.05) is 18.2 Å². The summed E-state index contributed by atoms with van der Waals surface area (Å²) in [6, 6.07) is 9.96. The highest BCUT2D eigenvalue weighted by molar-refractivity contribution is 5.90. The molecule has 1 heterocycles. The third kappa shape index (κ3) is 2.87. The fraction of sp³-hybridized carbons (Fsp3) is 0.312. The Kier molecular flexibility index (Phi) is 3.36. The molecule has 0 aliphatic heterocycles. The van der Waals surface area contributed by atoms with Gasteiger partial charge in [-0.05, 0) is 54.7 Å². The maximum absolute atomic E-state index is 11.9. The van der Waals surface area contributed by atoms with Crippen molar-refractivity contribution in [3.05, 3.63) is 53.5 Å². The van der Waals surface area contributed by atoms with Gasteiger partial charge >= 0.3 is 0 Å². The molecular weight excluding hydrogens is 238 g/mol. The van der Waals surface area contributed by atoms with Crippen molar-refractivity contribution in [2.24, 2.45) is 0 Å². The molecule has 2 aromatic rings. The lowest BCUT2D eigenvalue weighted by Gasteiger charge is -2.07. The van der Waals surface area contributed by atoms with E-state index in [4.69, 9.17) is 4.42 Å². The minimum absolute atomic E-state index is 0.0364. The summed E-state index contributed by atoms with van der Waals surface area (Å²) < 4.78 is 5.21. The van der Waals surface area contributed by atoms with E-state index in [1.165, 1.54) is 24.0 Å². The van der Waals surface area contributed by atoms with E-state index in [9.17, 15) is 4.79 Å². The van der Waals surface area contributed by atoms with E-state index >= 15 is 0 Å². The highest BCUT2D eigenvalue weighted by Crippen LogP contribution is 2.24. The SMILES string of the molecule is O=C(CCc1ccco1)Nc1ccc2c(c1)CCC2. The van der Waals surface area contributed by atoms with Crippen molar-refractivity contribution in [2.45, 2.75) is 32.1 Å². The van der Waals surface area contributed by atoms with Crippen molar-refractivity contribution in [1.29, 1.82) is 0 Å². The average Bonchev–Trinajstić information content (AvgIpc) is 3.07. The third-order valence-electron chi connectivity index (χ3n) is 3.56. The summed E-state index contributed by atoms with van der Waals surface area (Å²) in [6.45, 7) is 0. The number of nitrogens with one attached hydrogen (secondary N) is 1. The molecule has 0 spiro atoms. The molecule has 0 radical (unpaired) electrons. The van der Waals surface area contributed by atoms with Crippen LogP contribution >= 0.6 is 0 Å². The zero-order chi connectivity index (χ0) is 13.1. The minimum Gasteiger partial charge on any atom is -0.469 e. The summed E-state index contributed by atoms with van der Waals surface area (Å²) >= 11 is 0. The second-order valence-corrected chi connectivity index (χ2v) is 4.96. The van der Waals surface area contributed by atoms with Gasteiger partial charge in [-0.25, -0.2) is 0 Å². The van der Waals surface area contributed by atoms with Crippen LogP contribution in [0.3, 0.4) is 0 Å². The fourth-order valence-electron chi connectivity index (χ4n) is 2.56. The van der Waals surface area contributed by atoms with Crippen LogP contribution in [-0.4, -0.2) is 5.91 Å². The largest absolute Gasteiger partial charge is 0.469 e. The van der Waals surface area contributed by atoms with Gasteiger partial charge in [0.15, 0.2) is 0 Å². The number of anilines is 1. The summed E-state index contributed by atoms with van der Waals surface area (Å²) in [7, 11) is 0. The first-order chi connectivity index (χ1) is 9.31. The van der Waals surface area contributed by atoms with E-state index in [0.717, 1.165) is 17.9 Å². The summed E-state index contributed by atoms with van der Waals surface area (Å²) in [5.41, 5.74) is 3.71. The molecule has 0 bridgehead atoms. The van der Waals surface area contributed by atoms with Crippen LogP contribution in [0.2, 0.25) is 0 Å². The molecule has 0 saturated carbocycles. The fourth-order valence-corrected chi connectivity index (χ4v) is 2.56. The van der Waals surface area contributed by atoms with Gasteiger partial charge in [-0.1, -0.05) is 6.07 Å². The van der Waals surface area contributed by atoms with Gasteiger partial charge in [0.1, 0.15) is 5.76 Å². The standard InChI is InChI=1S/C16H17NO2/c18-16(9-8-15-5-2-10-19-15)17-14-7-6-12-3-1-4-13(12)11-14/h2,5-7,10-11H,1,3-4,8-9H2,(H,17,18). The summed E-state index contributed by atoms with van der Waals surface area (Å²) in [5, 5.41) is 2.95. The number of hydrogen-bond donors (Lipinski definition) is 1. The van der Waals surface area contributed by atoms with Crippen molar-refractivity contribution < 1.29 is 9.21 Å². The summed E-state index contributed by atoms with van der Waals surface area (Å²) in [4.78, 5) is 11.9. The molecular formula is C16H17NO2. The molecule has 1 amide bonds. The lowest BCUT2D eigenvalue weighted by Crippen LogP contribution is -2.12. The Morgan fingerprint density at radius 2 is 2.11 bits per heavy atom. The molecule has 1 N–H and O–H groups in total. The Bertz CT molecular complexity index is 572. The van der Waals surface area contributed by atoms with Crippen LogP contribution in [0, 0.1) is 0 Å². The Morgan fingerprint density at radius 3 is 2.95 bits per heavy atom. The molecule has 19 heavy (non-hydrogen) atoms. The summed E-state index contributed by atoms with van der Waals surface area (Å²) in [5.74, 6) is 0.887. The van der Waals surface area contributed by atoms with E-state index < -0.39 is 0 Å². The van der Waals surface area contributed by atoms with Crippen LogP contribution in [0.1, 0.15) is 29.7 Å². The van der Waals surface area contributed by atoms with Crippen LogP contribution < -0.4 is 5.32 Å². The topological polar surface area (TPSA) is 42.2 Å². The van der Waals surface area contributed by atoms with Gasteiger partial charge in [0.25, 0.3) is 0 Å². The van der Waals surface area contributed by atoms with Crippen molar-refractivity contribution in [3.63, 3.8) is 0 Å². The van der Waals surface area contributed by atoms with Crippen molar-refractivity contribution in [1.82, 2.24) is 0 Å². The van der Waals surface area contributed by atoms with Gasteiger partial charge in [0, 0.05) is 18.5 Å². The number of benzene rings is 1. The Labute approximate surface area is 112 Å². The van der Waals surface area contributed by atoms with Gasteiger partial charge in [0.2, 0.25) is 5.91 Å². The van der Waals surface area contributed by atoms with E-state index in [-0.39, 0.29) is 5.91 Å². The normalized spacial score (nSPS) is 13.3. The van der Waals surface area contributed by atoms with E-state index in [2.05, 4.69) is 17.4 Å². The molecule has 1 aromatic heterocycles. The Balaban J connectivity index is 1.57. The van der Waals surface area contributed by atoms with Crippen molar-refractivity contribution >= 4 is 11.6 Å². The van der Waals surface area contributed by atoms with Crippen LogP contribution in [0.15, 0.2) is 41.0 Å². The number of hydrogen-bond acceptors (Lipinski definition) is 2. The zero-order valence-electron chi connectivity index (χ0n) is 10.8. The Morgan fingerprint density at radius 1 is 1.21 bits per heavy atom. The van der Waals surface area contributed by atoms with E-state index in [0.29, 0.717) is 12.8 Å². The molecule has 1 aromatic carbocycles. The number of furan rings is 1. The smallest absolute Gasteiger partial charge is 0.224 e. The molecule has 3 nitrogen and oxygen atoms in total. The Hall–Kier alpha value is -2.03. The predicted octanol–water partition coefficient (Wildman–Crippen LogP) is 3.34. The molecule has 0 fully saturated rings. The van der Waals surface area contributed by atoms with E-state index in [1.54, 1.807) is 6.26 Å². The quantitative estimate of drug-likeness (QED) is 0.910. The lowest BCUT2D eigenvalue weighted by molar-refractivity contribution is -0.116. The molecule has 0 unspecified atom stereocenters. The van der Waals surface area contributed by atoms with Crippen LogP contribution in [0.25, 0.3) is 0 Å². The number of amides is 1. The molecule has 3 rings (SSSR count). The van der Waals surface area contributed by atoms with Crippen molar-refractivity contribution in [2.75, 3.05) is 5.32 Å². The first-order valence-electron chi connectivity index (χ1n) is 6.75. The number of fused-ring (bicyclic) bond motifs is 1.